The lowest BCUT2D eigenvalue weighted by Gasteiger charge is -2.17. The minimum absolute atomic E-state index is 0.292. The zero-order chi connectivity index (χ0) is 15.6. The highest BCUT2D eigenvalue weighted by atomic mass is 16.5. The molecule has 2 atom stereocenters. The zero-order valence-corrected chi connectivity index (χ0v) is 12.4. The highest BCUT2D eigenvalue weighted by molar-refractivity contribution is 5.95. The maximum absolute atomic E-state index is 12.1. The number of carboxylic acid groups (broad SMARTS) is 1. The smallest absolute Gasteiger partial charge is 0.332 e. The standard InChI is InChI=1S/C15H20N2O4/c1-9-8-10(17(2)3)4-5-11(9)16-14(18)12-6-7-13(21-12)15(19)20/h4-5,8,12-13H,6-7H2,1-3H3,(H,16,18)(H,19,20). The number of nitrogens with zero attached hydrogens (tertiary/aromatic N) is 1. The Morgan fingerprint density at radius 2 is 1.95 bits per heavy atom. The van der Waals surface area contributed by atoms with E-state index in [1.54, 1.807) is 0 Å². The summed E-state index contributed by atoms with van der Waals surface area (Å²) in [6.45, 7) is 1.91. The lowest BCUT2D eigenvalue weighted by molar-refractivity contribution is -0.150. The van der Waals surface area contributed by atoms with Crippen molar-refractivity contribution < 1.29 is 19.4 Å². The molecule has 1 saturated heterocycles. The fourth-order valence-electron chi connectivity index (χ4n) is 2.29. The first kappa shape index (κ1) is 15.3. The Balaban J connectivity index is 2.02. The van der Waals surface area contributed by atoms with E-state index in [4.69, 9.17) is 9.84 Å². The van der Waals surface area contributed by atoms with Gasteiger partial charge in [-0.15, -0.1) is 0 Å². The van der Waals surface area contributed by atoms with Crippen LogP contribution in [0.15, 0.2) is 18.2 Å². The largest absolute Gasteiger partial charge is 0.479 e. The number of anilines is 2. The Hall–Kier alpha value is -2.08. The molecule has 1 heterocycles. The second-order valence-corrected chi connectivity index (χ2v) is 5.41. The highest BCUT2D eigenvalue weighted by Gasteiger charge is 2.34. The lowest BCUT2D eigenvalue weighted by atomic mass is 10.1. The summed E-state index contributed by atoms with van der Waals surface area (Å²) in [7, 11) is 3.90. The SMILES string of the molecule is Cc1cc(N(C)C)ccc1NC(=O)C1CCC(C(=O)O)O1. The fourth-order valence-corrected chi connectivity index (χ4v) is 2.29. The van der Waals surface area contributed by atoms with Crippen LogP contribution in [0.2, 0.25) is 0 Å². The first-order valence-corrected chi connectivity index (χ1v) is 6.85. The fraction of sp³-hybridized carbons (Fsp3) is 0.467. The summed E-state index contributed by atoms with van der Waals surface area (Å²) in [5.74, 6) is -1.31. The van der Waals surface area contributed by atoms with Gasteiger partial charge < -0.3 is 20.1 Å². The van der Waals surface area contributed by atoms with Crippen molar-refractivity contribution in [3.63, 3.8) is 0 Å². The second kappa shape index (κ2) is 6.13. The molecule has 0 aliphatic carbocycles. The Kier molecular flexibility index (Phi) is 4.47. The molecule has 0 bridgehead atoms. The summed E-state index contributed by atoms with van der Waals surface area (Å²) in [4.78, 5) is 24.9. The summed E-state index contributed by atoms with van der Waals surface area (Å²) >= 11 is 0. The van der Waals surface area contributed by atoms with Gasteiger partial charge in [0.1, 0.15) is 6.10 Å². The Morgan fingerprint density at radius 1 is 1.29 bits per heavy atom. The van der Waals surface area contributed by atoms with E-state index in [0.29, 0.717) is 18.5 Å². The van der Waals surface area contributed by atoms with Gasteiger partial charge in [0.2, 0.25) is 0 Å². The predicted octanol–water partition coefficient (Wildman–Crippen LogP) is 1.63. The Bertz CT molecular complexity index is 557. The van der Waals surface area contributed by atoms with Gasteiger partial charge in [0, 0.05) is 25.5 Å². The van der Waals surface area contributed by atoms with Gasteiger partial charge in [-0.05, 0) is 43.5 Å². The van der Waals surface area contributed by atoms with Crippen molar-refractivity contribution in [2.45, 2.75) is 32.0 Å². The molecular formula is C15H20N2O4. The Morgan fingerprint density at radius 3 is 2.48 bits per heavy atom. The van der Waals surface area contributed by atoms with E-state index in [1.165, 1.54) is 0 Å². The van der Waals surface area contributed by atoms with Crippen LogP contribution in [0.25, 0.3) is 0 Å². The summed E-state index contributed by atoms with van der Waals surface area (Å²) in [6.07, 6.45) is -0.777. The summed E-state index contributed by atoms with van der Waals surface area (Å²) < 4.78 is 5.24. The normalized spacial score (nSPS) is 21.1. The number of rotatable bonds is 4. The molecule has 2 N–H and O–H groups in total. The summed E-state index contributed by atoms with van der Waals surface area (Å²) in [6, 6.07) is 5.73. The van der Waals surface area contributed by atoms with Crippen molar-refractivity contribution in [2.75, 3.05) is 24.3 Å². The van der Waals surface area contributed by atoms with Crippen molar-refractivity contribution >= 4 is 23.3 Å². The topological polar surface area (TPSA) is 78.9 Å². The molecule has 114 valence electrons. The maximum Gasteiger partial charge on any atom is 0.332 e. The minimum Gasteiger partial charge on any atom is -0.479 e. The minimum atomic E-state index is -1.02. The van der Waals surface area contributed by atoms with E-state index in [1.807, 2.05) is 44.1 Å². The number of hydrogen-bond donors (Lipinski definition) is 2. The van der Waals surface area contributed by atoms with Gasteiger partial charge in [-0.1, -0.05) is 0 Å². The maximum atomic E-state index is 12.1. The number of carboxylic acids is 1. The van der Waals surface area contributed by atoms with Crippen LogP contribution < -0.4 is 10.2 Å². The molecule has 0 spiro atoms. The monoisotopic (exact) mass is 292 g/mol. The van der Waals surface area contributed by atoms with Crippen molar-refractivity contribution in [1.29, 1.82) is 0 Å². The Labute approximate surface area is 123 Å². The van der Waals surface area contributed by atoms with Crippen molar-refractivity contribution in [1.82, 2.24) is 0 Å². The molecule has 2 unspecified atom stereocenters. The molecule has 21 heavy (non-hydrogen) atoms. The molecular weight excluding hydrogens is 272 g/mol. The number of ether oxygens (including phenoxy) is 1. The van der Waals surface area contributed by atoms with Gasteiger partial charge in [-0.25, -0.2) is 4.79 Å². The zero-order valence-electron chi connectivity index (χ0n) is 12.4. The van der Waals surface area contributed by atoms with E-state index in [9.17, 15) is 9.59 Å². The van der Waals surface area contributed by atoms with Crippen LogP contribution in [0.3, 0.4) is 0 Å². The number of nitrogens with one attached hydrogen (secondary N) is 1. The van der Waals surface area contributed by atoms with Crippen LogP contribution in [0.4, 0.5) is 11.4 Å². The first-order chi connectivity index (χ1) is 9.88. The highest BCUT2D eigenvalue weighted by Crippen LogP contribution is 2.24. The third-order valence-corrected chi connectivity index (χ3v) is 3.57. The second-order valence-electron chi connectivity index (χ2n) is 5.41. The molecule has 1 aliphatic heterocycles. The van der Waals surface area contributed by atoms with Gasteiger partial charge in [0.15, 0.2) is 6.10 Å². The van der Waals surface area contributed by atoms with Crippen molar-refractivity contribution in [2.24, 2.45) is 0 Å². The quantitative estimate of drug-likeness (QED) is 0.882. The van der Waals surface area contributed by atoms with Crippen LogP contribution in [-0.4, -0.2) is 43.3 Å². The lowest BCUT2D eigenvalue weighted by Crippen LogP contribution is -2.30. The summed E-state index contributed by atoms with van der Waals surface area (Å²) in [5, 5.41) is 11.7. The van der Waals surface area contributed by atoms with Crippen molar-refractivity contribution in [3.8, 4) is 0 Å². The molecule has 1 aromatic carbocycles. The van der Waals surface area contributed by atoms with E-state index in [2.05, 4.69) is 5.32 Å². The molecule has 0 aromatic heterocycles. The van der Waals surface area contributed by atoms with Crippen LogP contribution in [0, 0.1) is 6.92 Å². The molecule has 6 heteroatoms. The number of carbonyl (C=O) groups excluding carboxylic acids is 1. The number of benzene rings is 1. The van der Waals surface area contributed by atoms with Gasteiger partial charge in [0.25, 0.3) is 5.91 Å². The van der Waals surface area contributed by atoms with Crippen LogP contribution in [0.5, 0.6) is 0 Å². The molecule has 6 nitrogen and oxygen atoms in total. The van der Waals surface area contributed by atoms with E-state index in [-0.39, 0.29) is 5.91 Å². The average molecular weight is 292 g/mol. The van der Waals surface area contributed by atoms with Crippen LogP contribution in [-0.2, 0) is 14.3 Å². The van der Waals surface area contributed by atoms with Crippen LogP contribution in [0.1, 0.15) is 18.4 Å². The molecule has 2 rings (SSSR count). The van der Waals surface area contributed by atoms with Gasteiger partial charge >= 0.3 is 5.97 Å². The predicted molar refractivity (Wildman–Crippen MR) is 79.7 cm³/mol. The first-order valence-electron chi connectivity index (χ1n) is 6.85. The van der Waals surface area contributed by atoms with E-state index in [0.717, 1.165) is 11.3 Å². The molecule has 0 radical (unpaired) electrons. The third-order valence-electron chi connectivity index (χ3n) is 3.57. The van der Waals surface area contributed by atoms with Crippen molar-refractivity contribution in [3.05, 3.63) is 23.8 Å². The number of hydrogen-bond acceptors (Lipinski definition) is 4. The molecule has 1 aromatic rings. The summed E-state index contributed by atoms with van der Waals surface area (Å²) in [5.41, 5.74) is 2.71. The molecule has 1 aliphatic rings. The molecule has 1 fully saturated rings. The molecule has 0 saturated carbocycles. The number of carbonyl (C=O) groups is 2. The van der Waals surface area contributed by atoms with E-state index < -0.39 is 18.2 Å². The van der Waals surface area contributed by atoms with Gasteiger partial charge in [0.05, 0.1) is 0 Å². The molecule has 1 amide bonds. The average Bonchev–Trinajstić information content (AvgIpc) is 2.90. The van der Waals surface area contributed by atoms with E-state index >= 15 is 0 Å². The van der Waals surface area contributed by atoms with Crippen LogP contribution >= 0.6 is 0 Å². The van der Waals surface area contributed by atoms with Gasteiger partial charge in [-0.3, -0.25) is 4.79 Å². The third kappa shape index (κ3) is 3.52. The number of aliphatic carboxylic acids is 1. The number of amides is 1. The number of aryl methyl sites for hydroxylation is 1. The van der Waals surface area contributed by atoms with Gasteiger partial charge in [-0.2, -0.15) is 0 Å².